The number of nitrogen functional groups attached to an aromatic ring is 1. The highest BCUT2D eigenvalue weighted by Gasteiger charge is 2.14. The van der Waals surface area contributed by atoms with Gasteiger partial charge in [-0.1, -0.05) is 5.10 Å². The third-order valence-electron chi connectivity index (χ3n) is 3.12. The molecule has 4 N–H and O–H groups in total. The van der Waals surface area contributed by atoms with Gasteiger partial charge in [-0.2, -0.15) is 0 Å². The Morgan fingerprint density at radius 1 is 1.38 bits per heavy atom. The second kappa shape index (κ2) is 7.61. The summed E-state index contributed by atoms with van der Waals surface area (Å²) in [4.78, 5) is 21.1. The lowest BCUT2D eigenvalue weighted by Crippen LogP contribution is -2.08. The van der Waals surface area contributed by atoms with E-state index in [1.54, 1.807) is 18.2 Å². The van der Waals surface area contributed by atoms with Crippen molar-refractivity contribution in [1.82, 2.24) is 20.2 Å². The van der Waals surface area contributed by atoms with Gasteiger partial charge in [-0.3, -0.25) is 5.32 Å². The van der Waals surface area contributed by atoms with Crippen molar-refractivity contribution in [3.63, 3.8) is 0 Å². The number of benzene rings is 1. The van der Waals surface area contributed by atoms with Crippen molar-refractivity contribution in [2.45, 2.75) is 10.1 Å². The fourth-order valence-electron chi connectivity index (χ4n) is 1.93. The van der Waals surface area contributed by atoms with Crippen molar-refractivity contribution in [2.75, 3.05) is 18.2 Å². The van der Waals surface area contributed by atoms with Crippen LogP contribution >= 0.6 is 11.8 Å². The molecule has 1 aromatic carbocycles. The Hall–Kier alpha value is -3.47. The van der Waals surface area contributed by atoms with Gasteiger partial charge in [0, 0.05) is 28.4 Å². The van der Waals surface area contributed by atoms with Crippen LogP contribution in [0.3, 0.4) is 0 Å². The van der Waals surface area contributed by atoms with Gasteiger partial charge in [-0.15, -0.1) is 5.10 Å². The molecule has 0 aliphatic heterocycles. The third kappa shape index (κ3) is 3.95. The minimum absolute atomic E-state index is 0.0646. The zero-order valence-electron chi connectivity index (χ0n) is 13.5. The molecule has 132 valence electrons. The van der Waals surface area contributed by atoms with Crippen LogP contribution in [0.4, 0.5) is 17.5 Å². The number of ether oxygens (including phenoxy) is 1. The van der Waals surface area contributed by atoms with Gasteiger partial charge in [0.25, 0.3) is 0 Å². The molecule has 0 saturated carbocycles. The first kappa shape index (κ1) is 17.4. The number of anilines is 3. The summed E-state index contributed by atoms with van der Waals surface area (Å²) in [5.41, 5.74) is 6.92. The van der Waals surface area contributed by atoms with Gasteiger partial charge in [0.1, 0.15) is 5.82 Å². The van der Waals surface area contributed by atoms with Crippen molar-refractivity contribution < 1.29 is 13.9 Å². The summed E-state index contributed by atoms with van der Waals surface area (Å²) in [6, 6.07) is 6.71. The minimum Gasteiger partial charge on any atom is -0.464 e. The fraction of sp³-hybridized carbons (Fsp3) is 0.0667. The van der Waals surface area contributed by atoms with Crippen LogP contribution in [0.25, 0.3) is 0 Å². The summed E-state index contributed by atoms with van der Waals surface area (Å²) < 4.78 is 9.73. The van der Waals surface area contributed by atoms with Crippen molar-refractivity contribution in [1.29, 1.82) is 5.41 Å². The first-order valence-corrected chi connectivity index (χ1v) is 7.99. The van der Waals surface area contributed by atoms with E-state index >= 15 is 0 Å². The molecule has 3 aromatic rings. The number of aromatic nitrogens is 4. The van der Waals surface area contributed by atoms with Crippen LogP contribution in [0.5, 0.6) is 0 Å². The van der Waals surface area contributed by atoms with E-state index in [9.17, 15) is 4.79 Å². The van der Waals surface area contributed by atoms with E-state index in [4.69, 9.17) is 20.3 Å². The number of nitrogens with one attached hydrogen (secondary N) is 2. The molecule has 0 aliphatic carbocycles. The van der Waals surface area contributed by atoms with E-state index in [0.717, 1.165) is 17.5 Å². The lowest BCUT2D eigenvalue weighted by molar-refractivity contribution is 0.0593. The van der Waals surface area contributed by atoms with Gasteiger partial charge < -0.3 is 20.3 Å². The quantitative estimate of drug-likeness (QED) is 0.254. The average Bonchev–Trinajstić information content (AvgIpc) is 3.15. The standard InChI is InChI=1S/C15H13N7O3S/c1-24-13(23)11-5-12(20-14-22-18-7-25-14)21-15(19-11)26-9-2-3-10(17)8(4-9)6-16/h2-7,16H,17H2,1H3,(H,19,20,21,22). The Labute approximate surface area is 151 Å². The number of nitrogens with two attached hydrogens (primary N) is 1. The van der Waals surface area contributed by atoms with E-state index in [2.05, 4.69) is 25.5 Å². The third-order valence-corrected chi connectivity index (χ3v) is 3.97. The Bertz CT molecular complexity index is 946. The number of hydrogen-bond acceptors (Lipinski definition) is 11. The van der Waals surface area contributed by atoms with Crippen molar-refractivity contribution in [3.8, 4) is 0 Å². The molecule has 0 atom stereocenters. The highest BCUT2D eigenvalue weighted by atomic mass is 32.2. The molecular weight excluding hydrogens is 358 g/mol. The first-order chi connectivity index (χ1) is 12.6. The molecule has 26 heavy (non-hydrogen) atoms. The van der Waals surface area contributed by atoms with Crippen LogP contribution in [0.15, 0.2) is 45.1 Å². The van der Waals surface area contributed by atoms with Gasteiger partial charge in [-0.25, -0.2) is 14.8 Å². The molecular formula is C15H13N7O3S. The maximum atomic E-state index is 11.9. The molecule has 0 saturated heterocycles. The van der Waals surface area contributed by atoms with Gasteiger partial charge in [0.2, 0.25) is 6.39 Å². The predicted molar refractivity (Wildman–Crippen MR) is 93.8 cm³/mol. The lowest BCUT2D eigenvalue weighted by Gasteiger charge is -2.08. The Balaban J connectivity index is 1.94. The lowest BCUT2D eigenvalue weighted by atomic mass is 10.2. The number of carbonyl (C=O) groups is 1. The molecule has 0 unspecified atom stereocenters. The summed E-state index contributed by atoms with van der Waals surface area (Å²) in [6.45, 7) is 0. The number of nitrogens with zero attached hydrogens (tertiary/aromatic N) is 4. The smallest absolute Gasteiger partial charge is 0.356 e. The Kier molecular flexibility index (Phi) is 5.08. The van der Waals surface area contributed by atoms with Gasteiger partial charge in [-0.05, 0) is 30.0 Å². The number of methoxy groups -OCH3 is 1. The van der Waals surface area contributed by atoms with Gasteiger partial charge in [0.15, 0.2) is 10.9 Å². The summed E-state index contributed by atoms with van der Waals surface area (Å²) in [6.07, 6.45) is 2.32. The number of esters is 1. The van der Waals surface area contributed by atoms with E-state index in [1.807, 2.05) is 0 Å². The molecule has 10 nitrogen and oxygen atoms in total. The first-order valence-electron chi connectivity index (χ1n) is 7.17. The second-order valence-electron chi connectivity index (χ2n) is 4.82. The van der Waals surface area contributed by atoms with Crippen LogP contribution in [0.2, 0.25) is 0 Å². The van der Waals surface area contributed by atoms with Gasteiger partial charge >= 0.3 is 12.0 Å². The molecule has 2 heterocycles. The number of rotatable bonds is 6. The van der Waals surface area contributed by atoms with Crippen LogP contribution in [-0.4, -0.2) is 39.5 Å². The molecule has 0 aliphatic rings. The average molecular weight is 371 g/mol. The summed E-state index contributed by atoms with van der Waals surface area (Å²) in [5.74, 6) is -0.324. The summed E-state index contributed by atoms with van der Waals surface area (Å²) in [7, 11) is 1.26. The SMILES string of the molecule is COC(=O)c1cc(Nc2nnco2)nc(Sc2ccc(N)c(C=N)c2)n1. The van der Waals surface area contributed by atoms with Crippen LogP contribution < -0.4 is 11.1 Å². The molecule has 0 radical (unpaired) electrons. The maximum absolute atomic E-state index is 11.9. The fourth-order valence-corrected chi connectivity index (χ4v) is 2.75. The topological polar surface area (TPSA) is 153 Å². The van der Waals surface area contributed by atoms with Crippen molar-refractivity contribution in [3.05, 3.63) is 41.9 Å². The number of hydrogen-bond donors (Lipinski definition) is 3. The van der Waals surface area contributed by atoms with E-state index in [1.165, 1.54) is 24.9 Å². The minimum atomic E-state index is -0.611. The summed E-state index contributed by atoms with van der Waals surface area (Å²) in [5, 5.41) is 17.7. The van der Waals surface area contributed by atoms with Crippen molar-refractivity contribution >= 4 is 41.5 Å². The van der Waals surface area contributed by atoms with Crippen LogP contribution in [0, 0.1) is 5.41 Å². The zero-order chi connectivity index (χ0) is 18.5. The Morgan fingerprint density at radius 2 is 2.23 bits per heavy atom. The monoisotopic (exact) mass is 371 g/mol. The predicted octanol–water partition coefficient (Wildman–Crippen LogP) is 2.12. The molecule has 0 bridgehead atoms. The van der Waals surface area contributed by atoms with E-state index in [0.29, 0.717) is 11.3 Å². The molecule has 11 heteroatoms. The summed E-state index contributed by atoms with van der Waals surface area (Å²) >= 11 is 1.20. The second-order valence-corrected chi connectivity index (χ2v) is 5.86. The Morgan fingerprint density at radius 3 is 2.92 bits per heavy atom. The van der Waals surface area contributed by atoms with Crippen LogP contribution in [-0.2, 0) is 4.74 Å². The number of carbonyl (C=O) groups excluding carboxylic acids is 1. The van der Waals surface area contributed by atoms with Crippen LogP contribution in [0.1, 0.15) is 16.1 Å². The molecule has 0 amide bonds. The maximum Gasteiger partial charge on any atom is 0.356 e. The normalized spacial score (nSPS) is 10.3. The molecule has 0 fully saturated rings. The van der Waals surface area contributed by atoms with E-state index < -0.39 is 5.97 Å². The largest absolute Gasteiger partial charge is 0.464 e. The van der Waals surface area contributed by atoms with E-state index in [-0.39, 0.29) is 22.7 Å². The zero-order valence-corrected chi connectivity index (χ0v) is 14.3. The molecule has 3 rings (SSSR count). The van der Waals surface area contributed by atoms with Gasteiger partial charge in [0.05, 0.1) is 7.11 Å². The highest BCUT2D eigenvalue weighted by Crippen LogP contribution is 2.28. The molecule has 0 spiro atoms. The molecule has 2 aromatic heterocycles. The highest BCUT2D eigenvalue weighted by molar-refractivity contribution is 7.99. The van der Waals surface area contributed by atoms with Crippen molar-refractivity contribution in [2.24, 2.45) is 0 Å².